The Morgan fingerprint density at radius 3 is 2.44 bits per heavy atom. The molecular weight excluding hydrogens is 510 g/mol. The number of anilines is 3. The van der Waals surface area contributed by atoms with E-state index in [-0.39, 0.29) is 11.7 Å². The highest BCUT2D eigenvalue weighted by atomic mass is 16.2. The van der Waals surface area contributed by atoms with Gasteiger partial charge in [-0.25, -0.2) is 0 Å². The van der Waals surface area contributed by atoms with E-state index in [0.29, 0.717) is 23.4 Å². The van der Waals surface area contributed by atoms with Gasteiger partial charge in [0.25, 0.3) is 0 Å². The lowest BCUT2D eigenvalue weighted by molar-refractivity contribution is -0.115. The summed E-state index contributed by atoms with van der Waals surface area (Å²) in [4.78, 5) is 35.5. The minimum atomic E-state index is -0.503. The van der Waals surface area contributed by atoms with Gasteiger partial charge in [-0.1, -0.05) is 54.6 Å². The number of hydrogen-bond acceptors (Lipinski definition) is 6. The first-order valence-electron chi connectivity index (χ1n) is 14.0. The van der Waals surface area contributed by atoms with Crippen molar-refractivity contribution in [3.63, 3.8) is 0 Å². The molecule has 7 nitrogen and oxygen atoms in total. The van der Waals surface area contributed by atoms with Gasteiger partial charge in [0.15, 0.2) is 5.78 Å². The van der Waals surface area contributed by atoms with Crippen molar-refractivity contribution in [2.75, 3.05) is 48.8 Å². The summed E-state index contributed by atoms with van der Waals surface area (Å²) in [5, 5.41) is 6.31. The summed E-state index contributed by atoms with van der Waals surface area (Å²) in [6.45, 7) is 4.81. The fourth-order valence-corrected chi connectivity index (χ4v) is 5.29. The first-order chi connectivity index (χ1) is 20.0. The Bertz CT molecular complexity index is 1570. The first-order valence-corrected chi connectivity index (χ1v) is 14.0. The van der Waals surface area contributed by atoms with Crippen LogP contribution in [0.3, 0.4) is 0 Å². The minimum Gasteiger partial charge on any atom is -0.381 e. The molecule has 206 valence electrons. The van der Waals surface area contributed by atoms with Gasteiger partial charge in [0.05, 0.1) is 5.69 Å². The Labute approximate surface area is 240 Å². The van der Waals surface area contributed by atoms with Crippen molar-refractivity contribution in [1.82, 2.24) is 4.90 Å². The molecule has 2 aliphatic rings. The molecule has 1 amide bonds. The topological polar surface area (TPSA) is 77.0 Å². The molecule has 0 radical (unpaired) electrons. The van der Waals surface area contributed by atoms with Crippen LogP contribution in [0, 0.1) is 0 Å². The van der Waals surface area contributed by atoms with Gasteiger partial charge < -0.3 is 20.4 Å². The summed E-state index contributed by atoms with van der Waals surface area (Å²) in [7, 11) is 2.15. The third-order valence-corrected chi connectivity index (χ3v) is 7.75. The number of benzene rings is 4. The molecule has 1 atom stereocenters. The van der Waals surface area contributed by atoms with E-state index in [0.717, 1.165) is 43.1 Å². The zero-order chi connectivity index (χ0) is 28.2. The second-order valence-electron chi connectivity index (χ2n) is 10.6. The predicted octanol–water partition coefficient (Wildman–Crippen LogP) is 5.72. The van der Waals surface area contributed by atoms with Gasteiger partial charge in [-0.3, -0.25) is 14.6 Å². The van der Waals surface area contributed by atoms with Crippen molar-refractivity contribution in [2.45, 2.75) is 12.5 Å². The number of nitrogens with one attached hydrogen (secondary N) is 2. The van der Waals surface area contributed by atoms with E-state index < -0.39 is 5.92 Å². The van der Waals surface area contributed by atoms with E-state index >= 15 is 0 Å². The van der Waals surface area contributed by atoms with Gasteiger partial charge in [0.2, 0.25) is 5.91 Å². The van der Waals surface area contributed by atoms with Crippen molar-refractivity contribution in [2.24, 2.45) is 4.99 Å². The van der Waals surface area contributed by atoms with E-state index in [1.165, 1.54) is 11.3 Å². The van der Waals surface area contributed by atoms with Crippen LogP contribution in [0.15, 0.2) is 102 Å². The molecular formula is C34H33N5O2. The number of aliphatic imine (C=N–C) groups is 1. The maximum absolute atomic E-state index is 13.3. The van der Waals surface area contributed by atoms with Crippen molar-refractivity contribution >= 4 is 40.7 Å². The summed E-state index contributed by atoms with van der Waals surface area (Å²) >= 11 is 0. The van der Waals surface area contributed by atoms with E-state index in [1.807, 2.05) is 60.7 Å². The SMILES string of the molecule is CN1CCN(c2ccc(N=CC3C(=O)Nc4cc(C(=O)c5cccc(NCc6ccccc6)c5)ccc43)cc2)CC1. The molecule has 2 heterocycles. The zero-order valence-electron chi connectivity index (χ0n) is 23.1. The third-order valence-electron chi connectivity index (χ3n) is 7.75. The van der Waals surface area contributed by atoms with Gasteiger partial charge in [-0.2, -0.15) is 0 Å². The second-order valence-corrected chi connectivity index (χ2v) is 10.6. The summed E-state index contributed by atoms with van der Waals surface area (Å²) in [5.41, 5.74) is 6.63. The molecule has 1 unspecified atom stereocenters. The van der Waals surface area contributed by atoms with Crippen LogP contribution >= 0.6 is 0 Å². The molecule has 4 aromatic rings. The number of nitrogens with zero attached hydrogens (tertiary/aromatic N) is 3. The van der Waals surface area contributed by atoms with Gasteiger partial charge in [0, 0.05) is 67.1 Å². The van der Waals surface area contributed by atoms with Gasteiger partial charge in [0.1, 0.15) is 5.92 Å². The van der Waals surface area contributed by atoms with Crippen LogP contribution in [0.5, 0.6) is 0 Å². The van der Waals surface area contributed by atoms with E-state index in [9.17, 15) is 9.59 Å². The number of hydrogen-bond donors (Lipinski definition) is 2. The fourth-order valence-electron chi connectivity index (χ4n) is 5.29. The number of amides is 1. The monoisotopic (exact) mass is 543 g/mol. The number of ketones is 1. The van der Waals surface area contributed by atoms with E-state index in [1.54, 1.807) is 18.3 Å². The van der Waals surface area contributed by atoms with Crippen LogP contribution in [0.4, 0.5) is 22.7 Å². The summed E-state index contributed by atoms with van der Waals surface area (Å²) < 4.78 is 0. The maximum atomic E-state index is 13.3. The summed E-state index contributed by atoms with van der Waals surface area (Å²) in [5.74, 6) is -0.741. The van der Waals surface area contributed by atoms with Crippen LogP contribution < -0.4 is 15.5 Å². The molecule has 0 spiro atoms. The number of rotatable bonds is 8. The Morgan fingerprint density at radius 1 is 0.902 bits per heavy atom. The lowest BCUT2D eigenvalue weighted by atomic mass is 9.97. The molecule has 7 heteroatoms. The van der Waals surface area contributed by atoms with Crippen LogP contribution in [0.2, 0.25) is 0 Å². The van der Waals surface area contributed by atoms with Crippen molar-refractivity contribution in [3.05, 3.63) is 119 Å². The maximum Gasteiger partial charge on any atom is 0.237 e. The quantitative estimate of drug-likeness (QED) is 0.220. The van der Waals surface area contributed by atoms with Crippen LogP contribution in [0.25, 0.3) is 0 Å². The lowest BCUT2D eigenvalue weighted by Crippen LogP contribution is -2.44. The van der Waals surface area contributed by atoms with Crippen LogP contribution in [-0.2, 0) is 11.3 Å². The van der Waals surface area contributed by atoms with Crippen LogP contribution in [0.1, 0.15) is 33.0 Å². The predicted molar refractivity (Wildman–Crippen MR) is 166 cm³/mol. The Balaban J connectivity index is 1.12. The average Bonchev–Trinajstić information content (AvgIpc) is 3.33. The number of fused-ring (bicyclic) bond motifs is 1. The average molecular weight is 544 g/mol. The molecule has 0 aromatic heterocycles. The minimum absolute atomic E-state index is 0.0945. The summed E-state index contributed by atoms with van der Waals surface area (Å²) in [6, 6.07) is 31.2. The second kappa shape index (κ2) is 11.8. The Morgan fingerprint density at radius 2 is 1.66 bits per heavy atom. The van der Waals surface area contributed by atoms with Gasteiger partial charge in [-0.05, 0) is 60.6 Å². The highest BCUT2D eigenvalue weighted by Gasteiger charge is 2.30. The largest absolute Gasteiger partial charge is 0.381 e. The highest BCUT2D eigenvalue weighted by molar-refractivity contribution is 6.15. The standard InChI is InChI=1S/C34H33N5O2/c1-38-16-18-39(19-17-38)29-13-11-27(12-14-29)36-23-31-30-15-10-26(21-32(30)37-34(31)41)33(40)25-8-5-9-28(20-25)35-22-24-6-3-2-4-7-24/h2-15,20-21,23,31,35H,16-19,22H2,1H3,(H,37,41). The molecule has 2 aliphatic heterocycles. The number of carbonyl (C=O) groups excluding carboxylic acids is 2. The number of carbonyl (C=O) groups is 2. The third kappa shape index (κ3) is 6.05. The first kappa shape index (κ1) is 26.5. The zero-order valence-corrected chi connectivity index (χ0v) is 23.1. The fraction of sp³-hybridized carbons (Fsp3) is 0.206. The smallest absolute Gasteiger partial charge is 0.237 e. The molecule has 0 saturated carbocycles. The molecule has 4 aromatic carbocycles. The van der Waals surface area contributed by atoms with Crippen molar-refractivity contribution in [1.29, 1.82) is 0 Å². The molecule has 2 N–H and O–H groups in total. The van der Waals surface area contributed by atoms with Gasteiger partial charge in [-0.15, -0.1) is 0 Å². The summed E-state index contributed by atoms with van der Waals surface area (Å²) in [6.07, 6.45) is 1.69. The highest BCUT2D eigenvalue weighted by Crippen LogP contribution is 2.33. The molecule has 0 aliphatic carbocycles. The lowest BCUT2D eigenvalue weighted by Gasteiger charge is -2.34. The van der Waals surface area contributed by atoms with Crippen LogP contribution in [-0.4, -0.2) is 56.0 Å². The molecule has 6 rings (SSSR count). The van der Waals surface area contributed by atoms with Crippen molar-refractivity contribution < 1.29 is 9.59 Å². The molecule has 1 fully saturated rings. The molecule has 41 heavy (non-hydrogen) atoms. The van der Waals surface area contributed by atoms with E-state index in [4.69, 9.17) is 0 Å². The number of piperazine rings is 1. The number of likely N-dealkylation sites (N-methyl/N-ethyl adjacent to an activating group) is 1. The molecule has 0 bridgehead atoms. The molecule has 1 saturated heterocycles. The van der Waals surface area contributed by atoms with Gasteiger partial charge >= 0.3 is 0 Å². The van der Waals surface area contributed by atoms with Crippen molar-refractivity contribution in [3.8, 4) is 0 Å². The van der Waals surface area contributed by atoms with E-state index in [2.05, 4.69) is 56.7 Å². The Kier molecular flexibility index (Phi) is 7.60. The Hall–Kier alpha value is -4.75. The normalized spacial score (nSPS) is 17.0.